The van der Waals surface area contributed by atoms with Gasteiger partial charge in [-0.15, -0.1) is 0 Å². The van der Waals surface area contributed by atoms with E-state index in [-0.39, 0.29) is 24.4 Å². The van der Waals surface area contributed by atoms with Gasteiger partial charge in [0.2, 0.25) is 5.91 Å². The molecule has 0 radical (unpaired) electrons. The molecule has 2 heterocycles. The highest BCUT2D eigenvalue weighted by Gasteiger charge is 2.07. The van der Waals surface area contributed by atoms with Crippen molar-refractivity contribution < 1.29 is 4.79 Å². The first-order chi connectivity index (χ1) is 11.1. The van der Waals surface area contributed by atoms with Gasteiger partial charge < -0.3 is 5.32 Å². The molecule has 6 nitrogen and oxygen atoms in total. The number of hydrogen-bond acceptors (Lipinski definition) is 4. The molecule has 7 heteroatoms. The number of benzene rings is 1. The van der Waals surface area contributed by atoms with E-state index in [1.165, 1.54) is 10.9 Å². The molecule has 0 aliphatic heterocycles. The van der Waals surface area contributed by atoms with Crippen LogP contribution in [0.25, 0.3) is 10.9 Å². The van der Waals surface area contributed by atoms with Gasteiger partial charge in [-0.3, -0.25) is 19.1 Å². The Labute approximate surface area is 140 Å². The maximum atomic E-state index is 12.4. The van der Waals surface area contributed by atoms with Crippen LogP contribution in [-0.2, 0) is 11.3 Å². The number of halogens is 1. The molecule has 0 spiro atoms. The number of amides is 1. The Morgan fingerprint density at radius 1 is 1.22 bits per heavy atom. The highest BCUT2D eigenvalue weighted by atomic mass is 79.9. The molecule has 1 N–H and O–H groups in total. The minimum atomic E-state index is -0.169. The lowest BCUT2D eigenvalue weighted by Gasteiger charge is -2.07. The zero-order valence-electron chi connectivity index (χ0n) is 12.1. The maximum absolute atomic E-state index is 12.4. The van der Waals surface area contributed by atoms with E-state index >= 15 is 0 Å². The van der Waals surface area contributed by atoms with Crippen LogP contribution in [0.4, 0.5) is 5.69 Å². The highest BCUT2D eigenvalue weighted by Crippen LogP contribution is 2.14. The van der Waals surface area contributed by atoms with Crippen LogP contribution in [0, 0.1) is 0 Å². The van der Waals surface area contributed by atoms with E-state index in [1.54, 1.807) is 36.7 Å². The Bertz CT molecular complexity index is 909. The molecule has 1 aromatic carbocycles. The summed E-state index contributed by atoms with van der Waals surface area (Å²) in [6, 6.07) is 8.76. The molecule has 0 unspecified atom stereocenters. The third-order valence-corrected chi connectivity index (χ3v) is 3.82. The molecular weight excluding hydrogens is 360 g/mol. The molecule has 23 heavy (non-hydrogen) atoms. The number of anilines is 1. The van der Waals surface area contributed by atoms with Crippen LogP contribution in [0.2, 0.25) is 0 Å². The van der Waals surface area contributed by atoms with Gasteiger partial charge in [-0.2, -0.15) is 0 Å². The van der Waals surface area contributed by atoms with Gasteiger partial charge in [-0.05, 0) is 30.3 Å². The molecule has 3 aromatic rings. The number of nitrogens with one attached hydrogen (secondary N) is 1. The number of rotatable bonds is 4. The molecule has 0 saturated heterocycles. The molecule has 2 aromatic heterocycles. The van der Waals surface area contributed by atoms with Crippen LogP contribution < -0.4 is 10.9 Å². The van der Waals surface area contributed by atoms with Gasteiger partial charge in [-0.1, -0.05) is 15.9 Å². The Balaban J connectivity index is 1.73. The van der Waals surface area contributed by atoms with Crippen molar-refractivity contribution in [2.24, 2.45) is 0 Å². The van der Waals surface area contributed by atoms with Crippen molar-refractivity contribution in [3.8, 4) is 0 Å². The van der Waals surface area contributed by atoms with Crippen molar-refractivity contribution in [2.45, 2.75) is 13.0 Å². The first kappa shape index (κ1) is 15.4. The van der Waals surface area contributed by atoms with E-state index in [4.69, 9.17) is 0 Å². The first-order valence-corrected chi connectivity index (χ1v) is 7.77. The van der Waals surface area contributed by atoms with Gasteiger partial charge in [0, 0.05) is 35.5 Å². The topological polar surface area (TPSA) is 76.9 Å². The van der Waals surface area contributed by atoms with E-state index in [9.17, 15) is 9.59 Å². The molecule has 0 aliphatic carbocycles. The van der Waals surface area contributed by atoms with Crippen molar-refractivity contribution in [3.05, 3.63) is 63.9 Å². The second kappa shape index (κ2) is 6.70. The van der Waals surface area contributed by atoms with Crippen LogP contribution in [0.5, 0.6) is 0 Å². The summed E-state index contributed by atoms with van der Waals surface area (Å²) in [5, 5.41) is 3.28. The average Bonchev–Trinajstić information content (AvgIpc) is 2.56. The lowest BCUT2D eigenvalue weighted by Crippen LogP contribution is -2.23. The summed E-state index contributed by atoms with van der Waals surface area (Å²) in [5.41, 5.74) is 1.15. The van der Waals surface area contributed by atoms with Crippen molar-refractivity contribution in [3.63, 3.8) is 0 Å². The molecular formula is C16H13BrN4O2. The molecule has 0 fully saturated rings. The third kappa shape index (κ3) is 3.62. The molecule has 116 valence electrons. The molecule has 0 aliphatic rings. The number of carbonyl (C=O) groups is 1. The monoisotopic (exact) mass is 372 g/mol. The number of pyridine rings is 1. The van der Waals surface area contributed by atoms with E-state index in [1.807, 2.05) is 6.07 Å². The van der Waals surface area contributed by atoms with E-state index in [0.717, 1.165) is 4.47 Å². The van der Waals surface area contributed by atoms with E-state index in [2.05, 4.69) is 31.2 Å². The van der Waals surface area contributed by atoms with Crippen LogP contribution in [-0.4, -0.2) is 20.4 Å². The fourth-order valence-electron chi connectivity index (χ4n) is 2.17. The Morgan fingerprint density at radius 3 is 2.78 bits per heavy atom. The Morgan fingerprint density at radius 2 is 2.00 bits per heavy atom. The van der Waals surface area contributed by atoms with Crippen LogP contribution in [0.3, 0.4) is 0 Å². The third-order valence-electron chi connectivity index (χ3n) is 3.33. The highest BCUT2D eigenvalue weighted by molar-refractivity contribution is 9.10. The second-order valence-electron chi connectivity index (χ2n) is 4.94. The minimum Gasteiger partial charge on any atom is -0.326 e. The first-order valence-electron chi connectivity index (χ1n) is 6.98. The van der Waals surface area contributed by atoms with Gasteiger partial charge >= 0.3 is 0 Å². The maximum Gasteiger partial charge on any atom is 0.261 e. The summed E-state index contributed by atoms with van der Waals surface area (Å²) < 4.78 is 2.26. The predicted molar refractivity (Wildman–Crippen MR) is 91.2 cm³/mol. The zero-order valence-corrected chi connectivity index (χ0v) is 13.7. The lowest BCUT2D eigenvalue weighted by atomic mass is 10.2. The van der Waals surface area contributed by atoms with Gasteiger partial charge in [0.25, 0.3) is 5.56 Å². The normalized spacial score (nSPS) is 10.7. The van der Waals surface area contributed by atoms with Crippen molar-refractivity contribution >= 4 is 38.4 Å². The fraction of sp³-hybridized carbons (Fsp3) is 0.125. The van der Waals surface area contributed by atoms with E-state index in [0.29, 0.717) is 16.6 Å². The second-order valence-corrected chi connectivity index (χ2v) is 5.85. The number of aryl methyl sites for hydroxylation is 1. The number of hydrogen-bond donors (Lipinski definition) is 1. The van der Waals surface area contributed by atoms with Gasteiger partial charge in [-0.25, -0.2) is 4.98 Å². The standard InChI is InChI=1S/C16H13BrN4O2/c17-11-1-2-14-13(9-11)16(23)21(10-19-14)8-5-15(22)20-12-3-6-18-7-4-12/h1-4,6-7,9-10H,5,8H2,(H,18,20,22). The SMILES string of the molecule is O=C(CCn1cnc2ccc(Br)cc2c1=O)Nc1ccncc1. The summed E-state index contributed by atoms with van der Waals surface area (Å²) in [5.74, 6) is -0.169. The lowest BCUT2D eigenvalue weighted by molar-refractivity contribution is -0.116. The number of aromatic nitrogens is 3. The summed E-state index contributed by atoms with van der Waals surface area (Å²) in [6.07, 6.45) is 4.86. The predicted octanol–water partition coefficient (Wildman–Crippen LogP) is 2.58. The smallest absolute Gasteiger partial charge is 0.261 e. The largest absolute Gasteiger partial charge is 0.326 e. The van der Waals surface area contributed by atoms with Crippen LogP contribution in [0.15, 0.2) is 58.3 Å². The molecule has 1 amide bonds. The van der Waals surface area contributed by atoms with Gasteiger partial charge in [0.05, 0.1) is 17.2 Å². The molecule has 0 saturated carbocycles. The zero-order chi connectivity index (χ0) is 16.2. The number of nitrogens with zero attached hydrogens (tertiary/aromatic N) is 3. The summed E-state index contributed by atoms with van der Waals surface area (Å²) in [6.45, 7) is 0.269. The Hall–Kier alpha value is -2.54. The van der Waals surface area contributed by atoms with Gasteiger partial charge in [0.1, 0.15) is 0 Å². The molecule has 0 atom stereocenters. The van der Waals surface area contributed by atoms with E-state index < -0.39 is 0 Å². The molecule has 3 rings (SSSR count). The van der Waals surface area contributed by atoms with Crippen molar-refractivity contribution in [1.82, 2.24) is 14.5 Å². The minimum absolute atomic E-state index is 0.159. The number of carbonyl (C=O) groups excluding carboxylic acids is 1. The Kier molecular flexibility index (Phi) is 4.47. The average molecular weight is 373 g/mol. The van der Waals surface area contributed by atoms with Crippen LogP contribution in [0.1, 0.15) is 6.42 Å². The van der Waals surface area contributed by atoms with Crippen molar-refractivity contribution in [2.75, 3.05) is 5.32 Å². The quantitative estimate of drug-likeness (QED) is 0.763. The summed E-state index contributed by atoms with van der Waals surface area (Å²) in [4.78, 5) is 32.5. The van der Waals surface area contributed by atoms with Crippen LogP contribution >= 0.6 is 15.9 Å². The fourth-order valence-corrected chi connectivity index (χ4v) is 2.53. The summed E-state index contributed by atoms with van der Waals surface area (Å²) >= 11 is 3.35. The number of fused-ring (bicyclic) bond motifs is 1. The van der Waals surface area contributed by atoms with Crippen molar-refractivity contribution in [1.29, 1.82) is 0 Å². The summed E-state index contributed by atoms with van der Waals surface area (Å²) in [7, 11) is 0. The van der Waals surface area contributed by atoms with Gasteiger partial charge in [0.15, 0.2) is 0 Å². The molecule has 0 bridgehead atoms.